The summed E-state index contributed by atoms with van der Waals surface area (Å²) in [6, 6.07) is 0.572. The molecule has 0 aromatic carbocycles. The van der Waals surface area contributed by atoms with Gasteiger partial charge in [0.2, 0.25) is 0 Å². The quantitative estimate of drug-likeness (QED) is 0.510. The molecule has 64 valence electrons. The fraction of sp³-hybridized carbons (Fsp3) is 0.778. The third-order valence-electron chi connectivity index (χ3n) is 2.66. The van der Waals surface area contributed by atoms with Gasteiger partial charge >= 0.3 is 0 Å². The van der Waals surface area contributed by atoms with Gasteiger partial charge in [0.25, 0.3) is 0 Å². The van der Waals surface area contributed by atoms with Crippen LogP contribution in [0.5, 0.6) is 0 Å². The highest BCUT2D eigenvalue weighted by Crippen LogP contribution is 2.44. The summed E-state index contributed by atoms with van der Waals surface area (Å²) >= 11 is 6.05. The Morgan fingerprint density at radius 3 is 2.73 bits per heavy atom. The van der Waals surface area contributed by atoms with E-state index in [4.69, 9.17) is 11.6 Å². The molecule has 1 nitrogen and oxygen atoms in total. The van der Waals surface area contributed by atoms with Gasteiger partial charge in [0.05, 0.1) is 0 Å². The molecule has 0 bridgehead atoms. The van der Waals surface area contributed by atoms with Crippen LogP contribution in [-0.4, -0.2) is 18.0 Å². The van der Waals surface area contributed by atoms with Crippen molar-refractivity contribution in [1.29, 1.82) is 0 Å². The summed E-state index contributed by atoms with van der Waals surface area (Å²) < 4.78 is 0. The predicted molar refractivity (Wildman–Crippen MR) is 50.0 cm³/mol. The number of alkyl halides is 1. The van der Waals surface area contributed by atoms with E-state index in [9.17, 15) is 0 Å². The Morgan fingerprint density at radius 1 is 1.73 bits per heavy atom. The van der Waals surface area contributed by atoms with Crippen molar-refractivity contribution in [2.75, 3.05) is 6.54 Å². The first-order valence-electron chi connectivity index (χ1n) is 4.07. The van der Waals surface area contributed by atoms with E-state index < -0.39 is 0 Å². The molecule has 1 rings (SSSR count). The summed E-state index contributed by atoms with van der Waals surface area (Å²) in [7, 11) is 0. The number of halogens is 1. The predicted octanol–water partition coefficient (Wildman–Crippen LogP) is 2.17. The normalized spacial score (nSPS) is 34.5. The van der Waals surface area contributed by atoms with E-state index in [1.54, 1.807) is 0 Å². The van der Waals surface area contributed by atoms with Gasteiger partial charge in [0.1, 0.15) is 0 Å². The first kappa shape index (κ1) is 9.08. The van der Waals surface area contributed by atoms with E-state index in [1.165, 1.54) is 0 Å². The molecule has 1 saturated carbocycles. The lowest BCUT2D eigenvalue weighted by Gasteiger charge is -2.49. The Bertz CT molecular complexity index is 154. The zero-order valence-corrected chi connectivity index (χ0v) is 7.99. The van der Waals surface area contributed by atoms with Gasteiger partial charge in [-0.1, -0.05) is 19.9 Å². The molecule has 0 aliphatic heterocycles. The second-order valence-electron chi connectivity index (χ2n) is 3.77. The Morgan fingerprint density at radius 2 is 2.36 bits per heavy atom. The molecule has 2 unspecified atom stereocenters. The fourth-order valence-corrected chi connectivity index (χ4v) is 1.77. The fourth-order valence-electron chi connectivity index (χ4n) is 1.44. The summed E-state index contributed by atoms with van der Waals surface area (Å²) in [6.45, 7) is 8.96. The lowest BCUT2D eigenvalue weighted by molar-refractivity contribution is 0.121. The van der Waals surface area contributed by atoms with Crippen LogP contribution in [0.1, 0.15) is 20.3 Å². The lowest BCUT2D eigenvalue weighted by Crippen LogP contribution is -2.57. The highest BCUT2D eigenvalue weighted by atomic mass is 35.5. The molecule has 0 aromatic rings. The van der Waals surface area contributed by atoms with Gasteiger partial charge in [0.15, 0.2) is 0 Å². The molecule has 1 aliphatic carbocycles. The van der Waals surface area contributed by atoms with Crippen molar-refractivity contribution in [3.05, 3.63) is 12.7 Å². The zero-order valence-electron chi connectivity index (χ0n) is 7.23. The van der Waals surface area contributed by atoms with E-state index in [0.717, 1.165) is 13.0 Å². The maximum absolute atomic E-state index is 6.05. The van der Waals surface area contributed by atoms with Gasteiger partial charge in [-0.3, -0.25) is 0 Å². The van der Waals surface area contributed by atoms with E-state index >= 15 is 0 Å². The van der Waals surface area contributed by atoms with Crippen LogP contribution in [0.15, 0.2) is 12.7 Å². The van der Waals surface area contributed by atoms with E-state index in [1.807, 2.05) is 6.08 Å². The van der Waals surface area contributed by atoms with Gasteiger partial charge in [-0.05, 0) is 11.8 Å². The second-order valence-corrected chi connectivity index (χ2v) is 4.30. The van der Waals surface area contributed by atoms with E-state index in [2.05, 4.69) is 25.7 Å². The SMILES string of the molecule is C=CCNC1CC(Cl)C1(C)C. The van der Waals surface area contributed by atoms with Crippen molar-refractivity contribution in [3.8, 4) is 0 Å². The smallest absolute Gasteiger partial charge is 0.0416 e. The molecule has 2 heteroatoms. The minimum atomic E-state index is 0.255. The Hall–Kier alpha value is -0.0100. The van der Waals surface area contributed by atoms with Crippen molar-refractivity contribution >= 4 is 11.6 Å². The molecule has 0 saturated heterocycles. The molecule has 1 fully saturated rings. The number of hydrogen-bond acceptors (Lipinski definition) is 1. The van der Waals surface area contributed by atoms with E-state index in [0.29, 0.717) is 11.4 Å². The second kappa shape index (κ2) is 3.16. The minimum absolute atomic E-state index is 0.255. The van der Waals surface area contributed by atoms with Crippen LogP contribution in [0.25, 0.3) is 0 Å². The van der Waals surface area contributed by atoms with Crippen molar-refractivity contribution in [3.63, 3.8) is 0 Å². The number of rotatable bonds is 3. The van der Waals surface area contributed by atoms with Crippen LogP contribution in [-0.2, 0) is 0 Å². The third-order valence-corrected chi connectivity index (χ3v) is 3.40. The maximum Gasteiger partial charge on any atom is 0.0416 e. The van der Waals surface area contributed by atoms with Crippen LogP contribution in [0.3, 0.4) is 0 Å². The molecule has 2 atom stereocenters. The summed E-state index contributed by atoms with van der Waals surface area (Å²) in [4.78, 5) is 0. The summed E-state index contributed by atoms with van der Waals surface area (Å²) in [5.41, 5.74) is 0.255. The van der Waals surface area contributed by atoms with E-state index in [-0.39, 0.29) is 5.41 Å². The zero-order chi connectivity index (χ0) is 8.48. The minimum Gasteiger partial charge on any atom is -0.310 e. The Labute approximate surface area is 73.8 Å². The largest absolute Gasteiger partial charge is 0.310 e. The number of nitrogens with one attached hydrogen (secondary N) is 1. The topological polar surface area (TPSA) is 12.0 Å². The highest BCUT2D eigenvalue weighted by molar-refractivity contribution is 6.21. The standard InChI is InChI=1S/C9H16ClN/c1-4-5-11-8-6-7(10)9(8,2)3/h4,7-8,11H,1,5-6H2,2-3H3. The van der Waals surface area contributed by atoms with Crippen LogP contribution in [0.2, 0.25) is 0 Å². The van der Waals surface area contributed by atoms with Crippen LogP contribution in [0.4, 0.5) is 0 Å². The monoisotopic (exact) mass is 173 g/mol. The lowest BCUT2D eigenvalue weighted by atomic mass is 9.67. The average Bonchev–Trinajstić information content (AvgIpc) is 1.97. The summed E-state index contributed by atoms with van der Waals surface area (Å²) in [5.74, 6) is 0. The molecule has 1 N–H and O–H groups in total. The van der Waals surface area contributed by atoms with Gasteiger partial charge in [-0.25, -0.2) is 0 Å². The van der Waals surface area contributed by atoms with Crippen molar-refractivity contribution in [1.82, 2.24) is 5.32 Å². The Balaban J connectivity index is 2.34. The molecule has 1 aliphatic rings. The molecule has 0 amide bonds. The van der Waals surface area contributed by atoms with Gasteiger partial charge in [-0.2, -0.15) is 0 Å². The van der Waals surface area contributed by atoms with Crippen LogP contribution < -0.4 is 5.32 Å². The molecule has 0 spiro atoms. The van der Waals surface area contributed by atoms with Gasteiger partial charge in [0, 0.05) is 18.0 Å². The Kier molecular flexibility index (Phi) is 2.61. The van der Waals surface area contributed by atoms with Crippen LogP contribution >= 0.6 is 11.6 Å². The molecular formula is C9H16ClN. The summed E-state index contributed by atoms with van der Waals surface area (Å²) in [6.07, 6.45) is 2.97. The molecule has 0 radical (unpaired) electrons. The highest BCUT2D eigenvalue weighted by Gasteiger charge is 2.46. The van der Waals surface area contributed by atoms with Crippen molar-refractivity contribution in [2.24, 2.45) is 5.41 Å². The van der Waals surface area contributed by atoms with Crippen molar-refractivity contribution in [2.45, 2.75) is 31.7 Å². The summed E-state index contributed by atoms with van der Waals surface area (Å²) in [5, 5.41) is 3.72. The maximum atomic E-state index is 6.05. The van der Waals surface area contributed by atoms with Gasteiger partial charge < -0.3 is 5.32 Å². The first-order valence-corrected chi connectivity index (χ1v) is 4.51. The average molecular weight is 174 g/mol. The molecular weight excluding hydrogens is 158 g/mol. The first-order chi connectivity index (χ1) is 5.09. The molecule has 0 heterocycles. The molecule has 11 heavy (non-hydrogen) atoms. The van der Waals surface area contributed by atoms with Crippen LogP contribution in [0, 0.1) is 5.41 Å². The third kappa shape index (κ3) is 1.60. The number of hydrogen-bond donors (Lipinski definition) is 1. The van der Waals surface area contributed by atoms with Crippen molar-refractivity contribution < 1.29 is 0 Å². The van der Waals surface area contributed by atoms with Gasteiger partial charge in [-0.15, -0.1) is 18.2 Å². The molecule has 0 aromatic heterocycles.